The number of hydrogen-bond donors (Lipinski definition) is 1. The largest absolute Gasteiger partial charge is 0.348 e. The van der Waals surface area contributed by atoms with Gasteiger partial charge in [-0.05, 0) is 47.8 Å². The second kappa shape index (κ2) is 5.88. The summed E-state index contributed by atoms with van der Waals surface area (Å²) in [7, 11) is 1.47. The zero-order valence-electron chi connectivity index (χ0n) is 18.9. The van der Waals surface area contributed by atoms with E-state index in [9.17, 15) is 14.4 Å². The summed E-state index contributed by atoms with van der Waals surface area (Å²) in [5.41, 5.74) is 0.317. The molecule has 1 aliphatic carbocycles. The van der Waals surface area contributed by atoms with Crippen LogP contribution in [0.2, 0.25) is 0 Å². The van der Waals surface area contributed by atoms with Crippen molar-refractivity contribution in [2.24, 2.45) is 16.2 Å². The van der Waals surface area contributed by atoms with Gasteiger partial charge in [-0.1, -0.05) is 39.0 Å². The van der Waals surface area contributed by atoms with Gasteiger partial charge in [-0.15, -0.1) is 0 Å². The third-order valence-corrected chi connectivity index (χ3v) is 8.28. The quantitative estimate of drug-likeness (QED) is 0.646. The summed E-state index contributed by atoms with van der Waals surface area (Å²) in [4.78, 5) is 48.2. The summed E-state index contributed by atoms with van der Waals surface area (Å²) in [5.74, 6) is 0.0310. The fraction of sp³-hybridized carbons (Fsp3) is 0.520. The number of hydrogen-bond acceptors (Lipinski definition) is 5. The van der Waals surface area contributed by atoms with Crippen LogP contribution in [0, 0.1) is 16.2 Å². The van der Waals surface area contributed by atoms with Gasteiger partial charge in [-0.25, -0.2) is 9.78 Å². The standard InChI is InChI=1S/C25H28N4O3/c1-23(2)11-16-12-24(3,13-23)19-25(20(30)27-22(32)28(4)21(25)31)10-15-9-14-7-5-6-8-17(14)26-18(15)29(16)19/h5-9,16,19H,10-13H2,1-4H3,(H,27,30,32). The van der Waals surface area contributed by atoms with Crippen molar-refractivity contribution < 1.29 is 14.4 Å². The highest BCUT2D eigenvalue weighted by atomic mass is 16.2. The van der Waals surface area contributed by atoms with Crippen molar-refractivity contribution in [2.45, 2.75) is 58.5 Å². The molecule has 4 heterocycles. The molecular weight excluding hydrogens is 404 g/mol. The smallest absolute Gasteiger partial charge is 0.330 e. The van der Waals surface area contributed by atoms with E-state index >= 15 is 0 Å². The van der Waals surface area contributed by atoms with Crippen LogP contribution in [0.5, 0.6) is 0 Å². The first-order valence-corrected chi connectivity index (χ1v) is 11.4. The Balaban J connectivity index is 1.65. The Morgan fingerprint density at radius 2 is 1.84 bits per heavy atom. The number of nitrogens with zero attached hydrogens (tertiary/aromatic N) is 3. The molecular formula is C25H28N4O3. The molecule has 1 saturated carbocycles. The third-order valence-electron chi connectivity index (χ3n) is 8.28. The molecule has 166 valence electrons. The van der Waals surface area contributed by atoms with Crippen molar-refractivity contribution in [1.82, 2.24) is 15.2 Å². The molecule has 2 bridgehead atoms. The Bertz CT molecular complexity index is 1220. The van der Waals surface area contributed by atoms with Gasteiger partial charge in [-0.2, -0.15) is 0 Å². The maximum atomic E-state index is 13.8. The van der Waals surface area contributed by atoms with Gasteiger partial charge >= 0.3 is 6.03 Å². The van der Waals surface area contributed by atoms with E-state index < -0.39 is 23.3 Å². The van der Waals surface area contributed by atoms with Crippen LogP contribution in [-0.2, 0) is 16.0 Å². The van der Waals surface area contributed by atoms with Crippen LogP contribution in [-0.4, -0.2) is 46.9 Å². The summed E-state index contributed by atoms with van der Waals surface area (Å²) < 4.78 is 0. The predicted octanol–water partition coefficient (Wildman–Crippen LogP) is 3.26. The zero-order valence-corrected chi connectivity index (χ0v) is 18.9. The molecule has 7 nitrogen and oxygen atoms in total. The van der Waals surface area contributed by atoms with Gasteiger partial charge in [0.25, 0.3) is 0 Å². The number of aromatic nitrogens is 1. The third kappa shape index (κ3) is 2.31. The summed E-state index contributed by atoms with van der Waals surface area (Å²) in [6.07, 6.45) is 3.07. The maximum Gasteiger partial charge on any atom is 0.330 e. The molecule has 6 rings (SSSR count). The molecule has 32 heavy (non-hydrogen) atoms. The number of rotatable bonds is 0. The number of anilines is 1. The van der Waals surface area contributed by atoms with Crippen LogP contribution in [0.3, 0.4) is 0 Å². The van der Waals surface area contributed by atoms with E-state index in [-0.39, 0.29) is 29.3 Å². The average molecular weight is 433 g/mol. The molecule has 1 spiro atoms. The molecule has 4 aliphatic rings. The highest BCUT2D eigenvalue weighted by Gasteiger charge is 2.71. The fourth-order valence-corrected chi connectivity index (χ4v) is 7.64. The highest BCUT2D eigenvalue weighted by Crippen LogP contribution is 2.63. The Morgan fingerprint density at radius 3 is 2.62 bits per heavy atom. The fourth-order valence-electron chi connectivity index (χ4n) is 7.64. The van der Waals surface area contributed by atoms with E-state index in [0.29, 0.717) is 0 Å². The first-order chi connectivity index (χ1) is 15.1. The summed E-state index contributed by atoms with van der Waals surface area (Å²) in [6.45, 7) is 6.77. The van der Waals surface area contributed by atoms with Gasteiger partial charge in [0.2, 0.25) is 11.8 Å². The number of amides is 4. The molecule has 1 aromatic heterocycles. The zero-order chi connectivity index (χ0) is 22.6. The topological polar surface area (TPSA) is 82.6 Å². The van der Waals surface area contributed by atoms with Crippen molar-refractivity contribution in [3.8, 4) is 0 Å². The summed E-state index contributed by atoms with van der Waals surface area (Å²) in [5, 5.41) is 3.49. The lowest BCUT2D eigenvalue weighted by atomic mass is 9.56. The van der Waals surface area contributed by atoms with Gasteiger partial charge in [-0.3, -0.25) is 19.8 Å². The lowest BCUT2D eigenvalue weighted by molar-refractivity contribution is -0.155. The average Bonchev–Trinajstić information content (AvgIpc) is 2.95. The Hall–Kier alpha value is -2.96. The second-order valence-corrected chi connectivity index (χ2v) is 11.3. The van der Waals surface area contributed by atoms with E-state index in [1.54, 1.807) is 0 Å². The summed E-state index contributed by atoms with van der Waals surface area (Å²) >= 11 is 0. The molecule has 2 saturated heterocycles. The van der Waals surface area contributed by atoms with Crippen molar-refractivity contribution in [3.63, 3.8) is 0 Å². The van der Waals surface area contributed by atoms with Crippen LogP contribution in [0.4, 0.5) is 10.6 Å². The molecule has 2 aromatic rings. The van der Waals surface area contributed by atoms with E-state index in [0.717, 1.165) is 46.4 Å². The van der Waals surface area contributed by atoms with Gasteiger partial charge in [0.05, 0.1) is 11.6 Å². The van der Waals surface area contributed by atoms with Gasteiger partial charge in [0.1, 0.15) is 5.82 Å². The molecule has 4 unspecified atom stereocenters. The van der Waals surface area contributed by atoms with Crippen LogP contribution in [0.15, 0.2) is 30.3 Å². The van der Waals surface area contributed by atoms with Crippen LogP contribution >= 0.6 is 0 Å². The highest BCUT2D eigenvalue weighted by molar-refractivity contribution is 6.20. The minimum atomic E-state index is -1.34. The van der Waals surface area contributed by atoms with Crippen molar-refractivity contribution in [2.75, 3.05) is 11.9 Å². The maximum absolute atomic E-state index is 13.8. The van der Waals surface area contributed by atoms with E-state index in [4.69, 9.17) is 4.98 Å². The van der Waals surface area contributed by atoms with E-state index in [2.05, 4.69) is 37.1 Å². The summed E-state index contributed by atoms with van der Waals surface area (Å²) in [6, 6.07) is 9.24. The van der Waals surface area contributed by atoms with Crippen LogP contribution in [0.25, 0.3) is 10.9 Å². The number of nitrogens with one attached hydrogen (secondary N) is 1. The Labute approximate surface area is 187 Å². The number of benzene rings is 1. The molecule has 1 N–H and O–H groups in total. The molecule has 4 atom stereocenters. The normalized spacial score (nSPS) is 35.2. The molecule has 7 heteroatoms. The minimum absolute atomic E-state index is 0.0864. The number of urea groups is 1. The molecule has 3 fully saturated rings. The Kier molecular flexibility index (Phi) is 3.62. The number of para-hydroxylation sites is 1. The van der Waals surface area contributed by atoms with Crippen molar-refractivity contribution in [1.29, 1.82) is 0 Å². The predicted molar refractivity (Wildman–Crippen MR) is 120 cm³/mol. The first-order valence-electron chi connectivity index (χ1n) is 11.4. The lowest BCUT2D eigenvalue weighted by Gasteiger charge is -2.53. The molecule has 1 aromatic carbocycles. The Morgan fingerprint density at radius 1 is 1.09 bits per heavy atom. The van der Waals surface area contributed by atoms with Crippen LogP contribution in [0.1, 0.15) is 45.6 Å². The van der Waals surface area contributed by atoms with Crippen LogP contribution < -0.4 is 10.2 Å². The number of barbiturate groups is 1. The monoisotopic (exact) mass is 432 g/mol. The molecule has 4 amide bonds. The van der Waals surface area contributed by atoms with Gasteiger partial charge in [0, 0.05) is 24.9 Å². The van der Waals surface area contributed by atoms with E-state index in [1.165, 1.54) is 7.05 Å². The van der Waals surface area contributed by atoms with Gasteiger partial charge < -0.3 is 4.90 Å². The number of pyridine rings is 1. The molecule has 3 aliphatic heterocycles. The number of carbonyl (C=O) groups is 3. The number of fused-ring (bicyclic) bond motifs is 9. The van der Waals surface area contributed by atoms with Crippen molar-refractivity contribution >= 4 is 34.6 Å². The first kappa shape index (κ1) is 19.7. The molecule has 0 radical (unpaired) electrons. The second-order valence-electron chi connectivity index (χ2n) is 11.3. The minimum Gasteiger partial charge on any atom is -0.348 e. The van der Waals surface area contributed by atoms with Crippen molar-refractivity contribution in [3.05, 3.63) is 35.9 Å². The number of carbonyl (C=O) groups excluding carboxylic acids is 3. The van der Waals surface area contributed by atoms with E-state index in [1.807, 2.05) is 24.3 Å². The lowest BCUT2D eigenvalue weighted by Crippen LogP contribution is -2.72. The number of imide groups is 2. The van der Waals surface area contributed by atoms with Gasteiger partial charge in [0.15, 0.2) is 5.41 Å². The SMILES string of the molecule is CN1C(=O)NC(=O)C2(Cc3cc4ccccc4nc3N3C4CC(C)(C)CC(C)(C4)C32)C1=O.